The lowest BCUT2D eigenvalue weighted by Crippen LogP contribution is -2.38. The van der Waals surface area contributed by atoms with Crippen LogP contribution in [-0.4, -0.2) is 25.1 Å². The molecule has 1 rings (SSSR count). The second-order valence-electron chi connectivity index (χ2n) is 4.04. The van der Waals surface area contributed by atoms with Crippen LogP contribution in [0.2, 0.25) is 0 Å². The minimum Gasteiger partial charge on any atom is -0.483 e. The van der Waals surface area contributed by atoms with Gasteiger partial charge in [0.1, 0.15) is 5.75 Å². The first kappa shape index (κ1) is 15.0. The van der Waals surface area contributed by atoms with Crippen molar-refractivity contribution in [3.8, 4) is 5.75 Å². The Bertz CT molecular complexity index is 460. The lowest BCUT2D eigenvalue weighted by molar-refractivity contribution is -0.121. The number of aryl methyl sites for hydroxylation is 1. The molecule has 0 radical (unpaired) electrons. The molecule has 0 atom stereocenters. The first-order valence-corrected chi connectivity index (χ1v) is 6.06. The molecule has 0 spiro atoms. The van der Waals surface area contributed by atoms with Gasteiger partial charge in [0.2, 0.25) is 0 Å². The molecule has 1 aromatic rings. The first-order valence-electron chi connectivity index (χ1n) is 6.06. The summed E-state index contributed by atoms with van der Waals surface area (Å²) in [7, 11) is 0. The average molecular weight is 265 g/mol. The lowest BCUT2D eigenvalue weighted by atomic mass is 10.1. The summed E-state index contributed by atoms with van der Waals surface area (Å²) in [5.41, 5.74) is 6.75. The van der Waals surface area contributed by atoms with Gasteiger partial charge in [0.05, 0.1) is 0 Å². The van der Waals surface area contributed by atoms with Crippen molar-refractivity contribution in [1.29, 1.82) is 0 Å². The van der Waals surface area contributed by atoms with E-state index in [1.54, 1.807) is 0 Å². The summed E-state index contributed by atoms with van der Waals surface area (Å²) in [5.74, 6) is 0.0909. The van der Waals surface area contributed by atoms with Crippen molar-refractivity contribution in [3.63, 3.8) is 0 Å². The molecule has 3 amide bonds. The largest absolute Gasteiger partial charge is 0.483 e. The van der Waals surface area contributed by atoms with E-state index in [-0.39, 0.29) is 6.61 Å². The quantitative estimate of drug-likeness (QED) is 0.705. The van der Waals surface area contributed by atoms with Crippen LogP contribution < -0.4 is 21.1 Å². The number of imide groups is 1. The van der Waals surface area contributed by atoms with Gasteiger partial charge in [0.15, 0.2) is 6.61 Å². The van der Waals surface area contributed by atoms with Crippen molar-refractivity contribution in [2.45, 2.75) is 20.4 Å². The number of urea groups is 1. The molecular weight excluding hydrogens is 246 g/mol. The summed E-state index contributed by atoms with van der Waals surface area (Å²) < 4.78 is 5.47. The minimum absolute atomic E-state index is 0.243. The Kier molecular flexibility index (Phi) is 5.81. The van der Waals surface area contributed by atoms with Crippen molar-refractivity contribution in [2.24, 2.45) is 5.73 Å². The van der Waals surface area contributed by atoms with Crippen LogP contribution in [0.1, 0.15) is 18.1 Å². The molecule has 19 heavy (non-hydrogen) atoms. The Balaban J connectivity index is 2.70. The second-order valence-corrected chi connectivity index (χ2v) is 4.04. The van der Waals surface area contributed by atoms with Gasteiger partial charge in [-0.2, -0.15) is 0 Å². The number of primary amides is 1. The number of carbonyl (C=O) groups excluding carboxylic acids is 2. The number of carbonyl (C=O) groups is 2. The molecular formula is C13H19N3O3. The van der Waals surface area contributed by atoms with Crippen LogP contribution in [0.3, 0.4) is 0 Å². The molecule has 0 heterocycles. The molecule has 4 N–H and O–H groups in total. The molecule has 6 heteroatoms. The van der Waals surface area contributed by atoms with Gasteiger partial charge in [-0.15, -0.1) is 0 Å². The fourth-order valence-electron chi connectivity index (χ4n) is 1.63. The van der Waals surface area contributed by atoms with Crippen molar-refractivity contribution in [2.75, 3.05) is 13.2 Å². The van der Waals surface area contributed by atoms with Gasteiger partial charge < -0.3 is 15.8 Å². The highest BCUT2D eigenvalue weighted by Crippen LogP contribution is 2.23. The molecule has 6 nitrogen and oxygen atoms in total. The molecule has 0 unspecified atom stereocenters. The second kappa shape index (κ2) is 7.38. The molecule has 0 bridgehead atoms. The van der Waals surface area contributed by atoms with Gasteiger partial charge in [-0.25, -0.2) is 4.79 Å². The summed E-state index contributed by atoms with van der Waals surface area (Å²) >= 11 is 0. The number of nitrogens with two attached hydrogens (primary N) is 1. The molecule has 0 aliphatic carbocycles. The summed E-state index contributed by atoms with van der Waals surface area (Å²) in [4.78, 5) is 21.8. The maximum Gasteiger partial charge on any atom is 0.318 e. The zero-order chi connectivity index (χ0) is 14.3. The molecule has 0 aliphatic rings. The predicted octanol–water partition coefficient (Wildman–Crippen LogP) is 0.678. The van der Waals surface area contributed by atoms with Crippen LogP contribution in [0, 0.1) is 6.92 Å². The number of rotatable bonds is 6. The molecule has 0 aromatic heterocycles. The zero-order valence-electron chi connectivity index (χ0n) is 11.2. The van der Waals surface area contributed by atoms with E-state index < -0.39 is 11.9 Å². The fourth-order valence-corrected chi connectivity index (χ4v) is 1.63. The van der Waals surface area contributed by atoms with E-state index in [4.69, 9.17) is 10.5 Å². The van der Waals surface area contributed by atoms with Gasteiger partial charge in [0, 0.05) is 12.1 Å². The van der Waals surface area contributed by atoms with E-state index in [9.17, 15) is 9.59 Å². The fraction of sp³-hybridized carbons (Fsp3) is 0.385. The topological polar surface area (TPSA) is 93.4 Å². The van der Waals surface area contributed by atoms with E-state index in [0.717, 1.165) is 17.7 Å². The number of para-hydroxylation sites is 1. The Morgan fingerprint density at radius 2 is 2.11 bits per heavy atom. The number of hydrogen-bond acceptors (Lipinski definition) is 4. The minimum atomic E-state index is -0.883. The van der Waals surface area contributed by atoms with Crippen LogP contribution in [0.5, 0.6) is 5.75 Å². The maximum atomic E-state index is 11.3. The summed E-state index contributed by atoms with van der Waals surface area (Å²) in [6.45, 7) is 5.17. The number of benzene rings is 1. The van der Waals surface area contributed by atoms with Gasteiger partial charge in [-0.3, -0.25) is 10.1 Å². The van der Waals surface area contributed by atoms with Crippen LogP contribution >= 0.6 is 0 Å². The molecule has 0 saturated carbocycles. The highest BCUT2D eigenvalue weighted by molar-refractivity contribution is 5.94. The summed E-state index contributed by atoms with van der Waals surface area (Å²) in [6, 6.07) is 4.87. The summed E-state index contributed by atoms with van der Waals surface area (Å²) in [6.07, 6.45) is 0. The van der Waals surface area contributed by atoms with Gasteiger partial charge in [-0.05, 0) is 19.0 Å². The molecule has 1 aromatic carbocycles. The average Bonchev–Trinajstić information content (AvgIpc) is 2.34. The monoisotopic (exact) mass is 265 g/mol. The van der Waals surface area contributed by atoms with E-state index >= 15 is 0 Å². The lowest BCUT2D eigenvalue weighted by Gasteiger charge is -2.14. The summed E-state index contributed by atoms with van der Waals surface area (Å²) in [5, 5.41) is 5.15. The van der Waals surface area contributed by atoms with Crippen LogP contribution in [0.4, 0.5) is 4.79 Å². The van der Waals surface area contributed by atoms with Crippen molar-refractivity contribution >= 4 is 11.9 Å². The van der Waals surface area contributed by atoms with Crippen LogP contribution in [-0.2, 0) is 11.3 Å². The molecule has 104 valence electrons. The number of ether oxygens (including phenoxy) is 1. The Hall–Kier alpha value is -2.08. The van der Waals surface area contributed by atoms with Crippen LogP contribution in [0.25, 0.3) is 0 Å². The van der Waals surface area contributed by atoms with E-state index in [1.165, 1.54) is 0 Å². The van der Waals surface area contributed by atoms with Crippen LogP contribution in [0.15, 0.2) is 18.2 Å². The third-order valence-corrected chi connectivity index (χ3v) is 2.47. The van der Waals surface area contributed by atoms with Crippen molar-refractivity contribution < 1.29 is 14.3 Å². The molecule has 0 saturated heterocycles. The Labute approximate surface area is 112 Å². The standard InChI is InChI=1S/C13H19N3O3/c1-3-15-7-10-6-4-5-9(2)12(10)19-8-11(17)16-13(14)18/h4-6,15H,3,7-8H2,1-2H3,(H3,14,16,17,18). The van der Waals surface area contributed by atoms with Gasteiger partial charge >= 0.3 is 6.03 Å². The third kappa shape index (κ3) is 4.97. The van der Waals surface area contributed by atoms with Gasteiger partial charge in [-0.1, -0.05) is 25.1 Å². The Morgan fingerprint density at radius 1 is 1.37 bits per heavy atom. The smallest absolute Gasteiger partial charge is 0.318 e. The highest BCUT2D eigenvalue weighted by Gasteiger charge is 2.10. The van der Waals surface area contributed by atoms with Crippen molar-refractivity contribution in [3.05, 3.63) is 29.3 Å². The highest BCUT2D eigenvalue weighted by atomic mass is 16.5. The van der Waals surface area contributed by atoms with Crippen molar-refractivity contribution in [1.82, 2.24) is 10.6 Å². The first-order chi connectivity index (χ1) is 9.04. The van der Waals surface area contributed by atoms with E-state index in [0.29, 0.717) is 12.3 Å². The number of nitrogens with one attached hydrogen (secondary N) is 2. The molecule has 0 fully saturated rings. The SMILES string of the molecule is CCNCc1cccc(C)c1OCC(=O)NC(N)=O. The normalized spacial score (nSPS) is 10.0. The molecule has 0 aliphatic heterocycles. The number of amides is 3. The zero-order valence-corrected chi connectivity index (χ0v) is 11.2. The number of hydrogen-bond donors (Lipinski definition) is 3. The van der Waals surface area contributed by atoms with Gasteiger partial charge in [0.25, 0.3) is 5.91 Å². The van der Waals surface area contributed by atoms with E-state index in [1.807, 2.05) is 37.4 Å². The maximum absolute atomic E-state index is 11.3. The predicted molar refractivity (Wildman–Crippen MR) is 71.8 cm³/mol. The third-order valence-electron chi connectivity index (χ3n) is 2.47. The Morgan fingerprint density at radius 3 is 2.74 bits per heavy atom. The van der Waals surface area contributed by atoms with E-state index in [2.05, 4.69) is 5.32 Å².